The molecule has 0 spiro atoms. The van der Waals surface area contributed by atoms with Crippen LogP contribution in [0, 0.1) is 0 Å². The van der Waals surface area contributed by atoms with Gasteiger partial charge in [-0.05, 0) is 11.6 Å². The van der Waals surface area contributed by atoms with Gasteiger partial charge in [0.05, 0.1) is 32.6 Å². The highest BCUT2D eigenvalue weighted by atomic mass is 16.5. The Hall–Kier alpha value is -3.28. The number of aromatic nitrogens is 3. The van der Waals surface area contributed by atoms with Gasteiger partial charge in [0.2, 0.25) is 0 Å². The number of ether oxygens (including phenoxy) is 2. The molecule has 0 bridgehead atoms. The Labute approximate surface area is 143 Å². The molecular formula is C19H17N3O3. The van der Waals surface area contributed by atoms with Gasteiger partial charge in [-0.25, -0.2) is 4.98 Å². The number of hydrogen-bond donors (Lipinski definition) is 1. The van der Waals surface area contributed by atoms with E-state index >= 15 is 0 Å². The summed E-state index contributed by atoms with van der Waals surface area (Å²) in [6, 6.07) is 13.5. The van der Waals surface area contributed by atoms with Gasteiger partial charge in [0.15, 0.2) is 11.5 Å². The van der Waals surface area contributed by atoms with Gasteiger partial charge in [0.1, 0.15) is 11.0 Å². The Balaban J connectivity index is 1.89. The largest absolute Gasteiger partial charge is 0.493 e. The summed E-state index contributed by atoms with van der Waals surface area (Å²) >= 11 is 0. The van der Waals surface area contributed by atoms with Crippen LogP contribution in [-0.2, 0) is 6.54 Å². The molecule has 0 amide bonds. The summed E-state index contributed by atoms with van der Waals surface area (Å²) in [6.45, 7) is 0.477. The maximum Gasteiger partial charge on any atom is 0.277 e. The van der Waals surface area contributed by atoms with Gasteiger partial charge in [0, 0.05) is 11.5 Å². The zero-order valence-electron chi connectivity index (χ0n) is 13.9. The fourth-order valence-corrected chi connectivity index (χ4v) is 3.01. The molecule has 0 radical (unpaired) electrons. The van der Waals surface area contributed by atoms with E-state index in [1.165, 1.54) is 0 Å². The quantitative estimate of drug-likeness (QED) is 0.622. The smallest absolute Gasteiger partial charge is 0.277 e. The Morgan fingerprint density at radius 2 is 1.80 bits per heavy atom. The lowest BCUT2D eigenvalue weighted by atomic mass is 10.2. The van der Waals surface area contributed by atoms with Gasteiger partial charge in [-0.3, -0.25) is 9.36 Å². The Kier molecular flexibility index (Phi) is 3.65. The SMILES string of the molecule is COc1cc2[nH]c3c(=O)n(Cc4ccccc4)cnc3c2cc1OC. The second kappa shape index (κ2) is 5.98. The lowest BCUT2D eigenvalue weighted by molar-refractivity contribution is 0.356. The molecule has 0 unspecified atom stereocenters. The third-order valence-corrected chi connectivity index (χ3v) is 4.27. The number of H-pyrrole nitrogens is 1. The van der Waals surface area contributed by atoms with Crippen LogP contribution in [0.15, 0.2) is 53.6 Å². The number of benzene rings is 2. The summed E-state index contributed by atoms with van der Waals surface area (Å²) in [6.07, 6.45) is 1.58. The number of methoxy groups -OCH3 is 2. The van der Waals surface area contributed by atoms with Gasteiger partial charge in [-0.2, -0.15) is 0 Å². The Morgan fingerprint density at radius 1 is 1.08 bits per heavy atom. The zero-order chi connectivity index (χ0) is 17.4. The van der Waals surface area contributed by atoms with Crippen molar-refractivity contribution in [3.8, 4) is 11.5 Å². The Morgan fingerprint density at radius 3 is 2.52 bits per heavy atom. The van der Waals surface area contributed by atoms with Gasteiger partial charge >= 0.3 is 0 Å². The minimum Gasteiger partial charge on any atom is -0.493 e. The second-order valence-corrected chi connectivity index (χ2v) is 5.76. The molecule has 0 fully saturated rings. The van der Waals surface area contributed by atoms with Crippen molar-refractivity contribution >= 4 is 21.9 Å². The maximum atomic E-state index is 12.8. The van der Waals surface area contributed by atoms with Crippen molar-refractivity contribution in [1.82, 2.24) is 14.5 Å². The van der Waals surface area contributed by atoms with Crippen molar-refractivity contribution in [2.75, 3.05) is 14.2 Å². The van der Waals surface area contributed by atoms with Crippen LogP contribution in [0.2, 0.25) is 0 Å². The highest BCUT2D eigenvalue weighted by Gasteiger charge is 2.14. The van der Waals surface area contributed by atoms with Crippen molar-refractivity contribution in [2.45, 2.75) is 6.54 Å². The summed E-state index contributed by atoms with van der Waals surface area (Å²) in [7, 11) is 3.16. The first-order chi connectivity index (χ1) is 12.2. The van der Waals surface area contributed by atoms with E-state index in [1.54, 1.807) is 25.1 Å². The molecule has 0 aliphatic rings. The monoisotopic (exact) mass is 335 g/mol. The third-order valence-electron chi connectivity index (χ3n) is 4.27. The first kappa shape index (κ1) is 15.3. The molecule has 2 aromatic carbocycles. The number of hydrogen-bond acceptors (Lipinski definition) is 4. The lowest BCUT2D eigenvalue weighted by Crippen LogP contribution is -2.21. The van der Waals surface area contributed by atoms with Crippen LogP contribution in [0.1, 0.15) is 5.56 Å². The third kappa shape index (κ3) is 2.52. The second-order valence-electron chi connectivity index (χ2n) is 5.76. The van der Waals surface area contributed by atoms with Crippen LogP contribution in [0.5, 0.6) is 11.5 Å². The van der Waals surface area contributed by atoms with Crippen LogP contribution in [0.25, 0.3) is 21.9 Å². The van der Waals surface area contributed by atoms with E-state index in [2.05, 4.69) is 9.97 Å². The summed E-state index contributed by atoms with van der Waals surface area (Å²) in [4.78, 5) is 20.5. The number of nitrogens with zero attached hydrogens (tertiary/aromatic N) is 2. The minimum absolute atomic E-state index is 0.108. The summed E-state index contributed by atoms with van der Waals surface area (Å²) in [5.41, 5.74) is 2.83. The molecule has 2 aromatic heterocycles. The highest BCUT2D eigenvalue weighted by molar-refractivity contribution is 6.05. The van der Waals surface area contributed by atoms with Crippen molar-refractivity contribution in [3.05, 3.63) is 64.7 Å². The van der Waals surface area contributed by atoms with E-state index in [4.69, 9.17) is 9.47 Å². The first-order valence-corrected chi connectivity index (χ1v) is 7.88. The predicted molar refractivity (Wildman–Crippen MR) is 96.5 cm³/mol. The van der Waals surface area contributed by atoms with Crippen molar-refractivity contribution in [1.29, 1.82) is 0 Å². The standard InChI is InChI=1S/C19H17N3O3/c1-24-15-8-13-14(9-16(15)25-2)21-18-17(13)20-11-22(19(18)23)10-12-6-4-3-5-7-12/h3-9,11,21H,10H2,1-2H3. The molecule has 0 saturated carbocycles. The molecular weight excluding hydrogens is 318 g/mol. The molecule has 0 atom stereocenters. The summed E-state index contributed by atoms with van der Waals surface area (Å²) in [5, 5.41) is 0.830. The van der Waals surface area contributed by atoms with Crippen LogP contribution < -0.4 is 15.0 Å². The zero-order valence-corrected chi connectivity index (χ0v) is 13.9. The number of fused-ring (bicyclic) bond motifs is 3. The molecule has 0 aliphatic heterocycles. The van der Waals surface area contributed by atoms with E-state index in [0.29, 0.717) is 29.1 Å². The molecule has 6 nitrogen and oxygen atoms in total. The highest BCUT2D eigenvalue weighted by Crippen LogP contribution is 2.34. The van der Waals surface area contributed by atoms with Crippen molar-refractivity contribution in [2.24, 2.45) is 0 Å². The lowest BCUT2D eigenvalue weighted by Gasteiger charge is -2.07. The topological polar surface area (TPSA) is 69.1 Å². The number of rotatable bonds is 4. The fourth-order valence-electron chi connectivity index (χ4n) is 3.01. The van der Waals surface area contributed by atoms with Gasteiger partial charge in [-0.15, -0.1) is 0 Å². The van der Waals surface area contributed by atoms with Gasteiger partial charge in [-0.1, -0.05) is 30.3 Å². The summed E-state index contributed by atoms with van der Waals surface area (Å²) < 4.78 is 12.3. The van der Waals surface area contributed by atoms with Crippen LogP contribution >= 0.6 is 0 Å². The van der Waals surface area contributed by atoms with Crippen LogP contribution in [-0.4, -0.2) is 28.8 Å². The molecule has 4 rings (SSSR count). The number of aromatic amines is 1. The average Bonchev–Trinajstić information content (AvgIpc) is 3.02. The maximum absolute atomic E-state index is 12.8. The van der Waals surface area contributed by atoms with Gasteiger partial charge < -0.3 is 14.5 Å². The van der Waals surface area contributed by atoms with Crippen LogP contribution in [0.4, 0.5) is 0 Å². The molecule has 0 aliphatic carbocycles. The molecule has 6 heteroatoms. The van der Waals surface area contributed by atoms with E-state index < -0.39 is 0 Å². The minimum atomic E-state index is -0.108. The van der Waals surface area contributed by atoms with E-state index in [-0.39, 0.29) is 5.56 Å². The van der Waals surface area contributed by atoms with Crippen LogP contribution in [0.3, 0.4) is 0 Å². The van der Waals surface area contributed by atoms with Crippen molar-refractivity contribution in [3.63, 3.8) is 0 Å². The predicted octanol–water partition coefficient (Wildman–Crippen LogP) is 2.94. The molecule has 126 valence electrons. The Bertz CT molecular complexity index is 1110. The first-order valence-electron chi connectivity index (χ1n) is 7.88. The normalized spacial score (nSPS) is 11.1. The van der Waals surface area contributed by atoms with E-state index in [0.717, 1.165) is 16.5 Å². The van der Waals surface area contributed by atoms with E-state index in [1.807, 2.05) is 42.5 Å². The van der Waals surface area contributed by atoms with Crippen molar-refractivity contribution < 1.29 is 9.47 Å². The fraction of sp³-hybridized carbons (Fsp3) is 0.158. The van der Waals surface area contributed by atoms with Gasteiger partial charge in [0.25, 0.3) is 5.56 Å². The summed E-state index contributed by atoms with van der Waals surface area (Å²) in [5.74, 6) is 1.21. The number of nitrogens with one attached hydrogen (secondary N) is 1. The molecule has 2 heterocycles. The molecule has 0 saturated heterocycles. The van der Waals surface area contributed by atoms with E-state index in [9.17, 15) is 4.79 Å². The molecule has 4 aromatic rings. The molecule has 1 N–H and O–H groups in total. The average molecular weight is 335 g/mol. The molecule has 25 heavy (non-hydrogen) atoms.